The molecule has 0 rings (SSSR count). The van der Waals surface area contributed by atoms with E-state index in [1.165, 1.54) is 12.8 Å². The van der Waals surface area contributed by atoms with E-state index in [0.29, 0.717) is 11.8 Å². The number of nitrogens with zero attached hydrogens (tertiary/aromatic N) is 2. The minimum Gasteiger partial charge on any atom is -0.301 e. The smallest absolute Gasteiger partial charge is 0.141 e. The highest BCUT2D eigenvalue weighted by Gasteiger charge is 2.32. The van der Waals surface area contributed by atoms with Crippen LogP contribution in [-0.2, 0) is 4.79 Å². The van der Waals surface area contributed by atoms with Crippen molar-refractivity contribution < 1.29 is 4.79 Å². The molecule has 2 atom stereocenters. The number of Topliss-reactive ketones (excluding diaryl/α,β-unsaturated/α-hetero) is 1. The van der Waals surface area contributed by atoms with Crippen LogP contribution in [0.15, 0.2) is 0 Å². The zero-order valence-corrected chi connectivity index (χ0v) is 21.0. The van der Waals surface area contributed by atoms with Crippen LogP contribution in [0, 0.1) is 11.3 Å². The van der Waals surface area contributed by atoms with Crippen molar-refractivity contribution in [1.29, 1.82) is 0 Å². The van der Waals surface area contributed by atoms with Gasteiger partial charge in [0.1, 0.15) is 5.78 Å². The summed E-state index contributed by atoms with van der Waals surface area (Å²) in [5.74, 6) is 0.681. The van der Waals surface area contributed by atoms with Crippen LogP contribution >= 0.6 is 0 Å². The first-order valence-corrected chi connectivity index (χ1v) is 12.0. The average molecular weight is 397 g/mol. The third kappa shape index (κ3) is 8.95. The van der Waals surface area contributed by atoms with Crippen molar-refractivity contribution >= 4 is 5.78 Å². The van der Waals surface area contributed by atoms with Gasteiger partial charge in [-0.15, -0.1) is 0 Å². The molecule has 0 aromatic carbocycles. The van der Waals surface area contributed by atoms with Crippen molar-refractivity contribution in [1.82, 2.24) is 9.80 Å². The molecule has 3 heteroatoms. The van der Waals surface area contributed by atoms with E-state index in [1.54, 1.807) is 0 Å². The Bertz CT molecular complexity index is 425. The first kappa shape index (κ1) is 27.6. The molecule has 0 fully saturated rings. The van der Waals surface area contributed by atoms with Gasteiger partial charge in [-0.3, -0.25) is 9.69 Å². The highest BCUT2D eigenvalue weighted by atomic mass is 16.1. The van der Waals surface area contributed by atoms with Crippen LogP contribution in [0.2, 0.25) is 0 Å². The molecule has 0 aliphatic rings. The van der Waals surface area contributed by atoms with Gasteiger partial charge < -0.3 is 4.90 Å². The molecule has 0 aromatic heterocycles. The lowest BCUT2D eigenvalue weighted by atomic mass is 9.76. The minimum atomic E-state index is -0.176. The highest BCUT2D eigenvalue weighted by molar-refractivity contribution is 5.86. The Morgan fingerprint density at radius 1 is 0.821 bits per heavy atom. The third-order valence-corrected chi connectivity index (χ3v) is 6.63. The van der Waals surface area contributed by atoms with E-state index in [1.807, 2.05) is 0 Å². The van der Waals surface area contributed by atoms with E-state index in [2.05, 4.69) is 79.0 Å². The maximum Gasteiger partial charge on any atom is 0.141 e. The predicted octanol–water partition coefficient (Wildman–Crippen LogP) is 6.41. The molecular formula is C25H52N2O. The number of ketones is 1. The maximum absolute atomic E-state index is 13.1. The molecule has 0 spiro atoms. The van der Waals surface area contributed by atoms with Crippen LogP contribution in [0.3, 0.4) is 0 Å². The summed E-state index contributed by atoms with van der Waals surface area (Å²) < 4.78 is 0. The van der Waals surface area contributed by atoms with Crippen molar-refractivity contribution in [2.24, 2.45) is 11.3 Å². The molecule has 168 valence electrons. The molecule has 0 aliphatic heterocycles. The molecule has 0 saturated heterocycles. The Kier molecular flexibility index (Phi) is 12.8. The van der Waals surface area contributed by atoms with Gasteiger partial charge in [-0.25, -0.2) is 0 Å². The predicted molar refractivity (Wildman–Crippen MR) is 125 cm³/mol. The van der Waals surface area contributed by atoms with E-state index < -0.39 is 0 Å². The summed E-state index contributed by atoms with van der Waals surface area (Å²) in [6.45, 7) is 26.8. The van der Waals surface area contributed by atoms with Gasteiger partial charge in [-0.1, -0.05) is 54.9 Å². The van der Waals surface area contributed by atoms with Crippen molar-refractivity contribution in [3.63, 3.8) is 0 Å². The van der Waals surface area contributed by atoms with Crippen LogP contribution in [0.25, 0.3) is 0 Å². The SMILES string of the molecule is CCCC(C)(C)C(=O)C(CC)CCN(CC)C(CC)CCN(CC)C(C)(C)C. The molecule has 0 aromatic rings. The lowest BCUT2D eigenvalue weighted by Gasteiger charge is -2.38. The standard InChI is InChI=1S/C25H52N2O/c1-11-18-25(9,10)23(28)21(12-2)16-19-26(14-4)22(13-3)17-20-27(15-5)24(6,7)8/h21-22H,11-20H2,1-10H3. The Morgan fingerprint density at radius 3 is 1.82 bits per heavy atom. The Morgan fingerprint density at radius 2 is 1.43 bits per heavy atom. The van der Waals surface area contributed by atoms with Gasteiger partial charge in [-0.05, 0) is 72.5 Å². The van der Waals surface area contributed by atoms with Gasteiger partial charge in [0.15, 0.2) is 0 Å². The second-order valence-corrected chi connectivity index (χ2v) is 10.1. The Labute approximate surface area is 177 Å². The Hall–Kier alpha value is -0.410. The van der Waals surface area contributed by atoms with Crippen molar-refractivity contribution in [3.05, 3.63) is 0 Å². The fourth-order valence-corrected chi connectivity index (χ4v) is 4.66. The number of carbonyl (C=O) groups is 1. The van der Waals surface area contributed by atoms with Gasteiger partial charge >= 0.3 is 0 Å². The van der Waals surface area contributed by atoms with Crippen LogP contribution in [0.4, 0.5) is 0 Å². The molecule has 0 saturated carbocycles. The average Bonchev–Trinajstić information content (AvgIpc) is 2.62. The number of hydrogen-bond donors (Lipinski definition) is 0. The van der Waals surface area contributed by atoms with Crippen molar-refractivity contribution in [2.75, 3.05) is 26.2 Å². The van der Waals surface area contributed by atoms with Gasteiger partial charge in [-0.2, -0.15) is 0 Å². The fraction of sp³-hybridized carbons (Fsp3) is 0.960. The highest BCUT2D eigenvalue weighted by Crippen LogP contribution is 2.30. The van der Waals surface area contributed by atoms with Gasteiger partial charge in [0.2, 0.25) is 0 Å². The second kappa shape index (κ2) is 13.0. The summed E-state index contributed by atoms with van der Waals surface area (Å²) in [6, 6.07) is 0.609. The molecular weight excluding hydrogens is 344 g/mol. The molecule has 0 radical (unpaired) electrons. The van der Waals surface area contributed by atoms with Gasteiger partial charge in [0.25, 0.3) is 0 Å². The molecule has 0 aliphatic carbocycles. The maximum atomic E-state index is 13.1. The summed E-state index contributed by atoms with van der Waals surface area (Å²) in [4.78, 5) is 18.3. The van der Waals surface area contributed by atoms with Crippen molar-refractivity contribution in [2.45, 2.75) is 119 Å². The zero-order valence-electron chi connectivity index (χ0n) is 21.0. The van der Waals surface area contributed by atoms with Gasteiger partial charge in [0.05, 0.1) is 0 Å². The zero-order chi connectivity index (χ0) is 22.0. The van der Waals surface area contributed by atoms with Crippen LogP contribution in [0.5, 0.6) is 0 Å². The molecule has 0 amide bonds. The van der Waals surface area contributed by atoms with Crippen LogP contribution in [0.1, 0.15) is 108 Å². The number of carbonyl (C=O) groups excluding carboxylic acids is 1. The van der Waals surface area contributed by atoms with E-state index in [-0.39, 0.29) is 16.9 Å². The van der Waals surface area contributed by atoms with Crippen molar-refractivity contribution in [3.8, 4) is 0 Å². The van der Waals surface area contributed by atoms with E-state index in [4.69, 9.17) is 0 Å². The molecule has 2 unspecified atom stereocenters. The fourth-order valence-electron chi connectivity index (χ4n) is 4.66. The summed E-state index contributed by atoms with van der Waals surface area (Å²) in [5.41, 5.74) is 0.0552. The first-order valence-electron chi connectivity index (χ1n) is 12.0. The third-order valence-electron chi connectivity index (χ3n) is 6.63. The Balaban J connectivity index is 4.92. The number of rotatable bonds is 15. The summed E-state index contributed by atoms with van der Waals surface area (Å²) in [7, 11) is 0. The molecule has 3 nitrogen and oxygen atoms in total. The number of hydrogen-bond acceptors (Lipinski definition) is 3. The first-order chi connectivity index (χ1) is 13.0. The minimum absolute atomic E-state index is 0.176. The molecule has 28 heavy (non-hydrogen) atoms. The topological polar surface area (TPSA) is 23.6 Å². The van der Waals surface area contributed by atoms with Crippen LogP contribution < -0.4 is 0 Å². The monoisotopic (exact) mass is 396 g/mol. The quantitative estimate of drug-likeness (QED) is 0.319. The molecule has 0 N–H and O–H groups in total. The van der Waals surface area contributed by atoms with E-state index in [9.17, 15) is 4.79 Å². The van der Waals surface area contributed by atoms with E-state index in [0.717, 1.165) is 51.9 Å². The summed E-state index contributed by atoms with van der Waals surface area (Å²) in [6.07, 6.45) is 6.44. The molecule has 0 bridgehead atoms. The molecule has 0 heterocycles. The van der Waals surface area contributed by atoms with E-state index >= 15 is 0 Å². The summed E-state index contributed by atoms with van der Waals surface area (Å²) in [5, 5.41) is 0. The van der Waals surface area contributed by atoms with Crippen LogP contribution in [-0.4, -0.2) is 53.3 Å². The largest absolute Gasteiger partial charge is 0.301 e. The lowest BCUT2D eigenvalue weighted by molar-refractivity contribution is -0.132. The van der Waals surface area contributed by atoms with Gasteiger partial charge in [0, 0.05) is 29.5 Å². The normalized spacial score (nSPS) is 15.3. The summed E-state index contributed by atoms with van der Waals surface area (Å²) >= 11 is 0. The second-order valence-electron chi connectivity index (χ2n) is 10.1. The lowest BCUT2D eigenvalue weighted by Crippen LogP contribution is -2.45.